The number of benzene rings is 1. The van der Waals surface area contributed by atoms with E-state index in [-0.39, 0.29) is 11.7 Å². The summed E-state index contributed by atoms with van der Waals surface area (Å²) in [7, 11) is 0. The molecule has 4 heteroatoms. The van der Waals surface area contributed by atoms with Gasteiger partial charge >= 0.3 is 0 Å². The maximum atomic E-state index is 13.2. The Morgan fingerprint density at radius 2 is 2.20 bits per heavy atom. The van der Waals surface area contributed by atoms with Gasteiger partial charge in [-0.25, -0.2) is 9.82 Å². The molecule has 0 saturated carbocycles. The minimum absolute atomic E-state index is 0.0892. The fourth-order valence-corrected chi connectivity index (χ4v) is 1.66. The number of hydrogen-bond donors (Lipinski definition) is 1. The molecule has 1 aromatic rings. The number of nitrogens with zero attached hydrogens (tertiary/aromatic N) is 1. The zero-order valence-electron chi connectivity index (χ0n) is 8.37. The van der Waals surface area contributed by atoms with Crippen LogP contribution in [-0.2, 0) is 11.2 Å². The summed E-state index contributed by atoms with van der Waals surface area (Å²) < 4.78 is 13.2. The maximum absolute atomic E-state index is 13.2. The molecule has 2 rings (SSSR count). The van der Waals surface area contributed by atoms with E-state index in [9.17, 15) is 9.18 Å². The molecule has 1 aromatic carbocycles. The quantitative estimate of drug-likeness (QED) is 0.807. The van der Waals surface area contributed by atoms with Crippen LogP contribution in [0.3, 0.4) is 0 Å². The smallest absolute Gasteiger partial charge is 0.238 e. The molecule has 1 N–H and O–H groups in total. The van der Waals surface area contributed by atoms with Crippen LogP contribution in [0.5, 0.6) is 0 Å². The van der Waals surface area contributed by atoms with Crippen molar-refractivity contribution in [2.45, 2.75) is 12.8 Å². The van der Waals surface area contributed by atoms with E-state index in [0.717, 1.165) is 0 Å². The zero-order chi connectivity index (χ0) is 10.7. The summed E-state index contributed by atoms with van der Waals surface area (Å²) in [6.45, 7) is 1.22. The van der Waals surface area contributed by atoms with Crippen molar-refractivity contribution in [2.75, 3.05) is 13.1 Å². The van der Waals surface area contributed by atoms with Gasteiger partial charge in [0, 0.05) is 19.5 Å². The molecule has 1 fully saturated rings. The number of carbonyl (C=O) groups is 1. The summed E-state index contributed by atoms with van der Waals surface area (Å²) >= 11 is 0. The molecule has 0 aliphatic carbocycles. The van der Waals surface area contributed by atoms with Crippen LogP contribution in [0, 0.1) is 5.82 Å². The predicted molar refractivity (Wildman–Crippen MR) is 54.4 cm³/mol. The number of amides is 1. The molecule has 1 amide bonds. The van der Waals surface area contributed by atoms with Crippen LogP contribution in [0.1, 0.15) is 12.0 Å². The summed E-state index contributed by atoms with van der Waals surface area (Å²) in [5.41, 5.74) is 3.61. The van der Waals surface area contributed by atoms with Crippen molar-refractivity contribution in [1.82, 2.24) is 10.4 Å². The first-order valence-corrected chi connectivity index (χ1v) is 5.04. The molecule has 0 radical (unpaired) electrons. The van der Waals surface area contributed by atoms with Gasteiger partial charge in [0.05, 0.1) is 0 Å². The Kier molecular flexibility index (Phi) is 2.97. The number of carbonyl (C=O) groups excluding carboxylic acids is 1. The average Bonchev–Trinajstić information content (AvgIpc) is 2.63. The molecule has 0 bridgehead atoms. The lowest BCUT2D eigenvalue weighted by Gasteiger charge is -2.15. The van der Waals surface area contributed by atoms with E-state index in [2.05, 4.69) is 5.43 Å². The molecule has 1 saturated heterocycles. The Morgan fingerprint density at radius 3 is 2.87 bits per heavy atom. The fraction of sp³-hybridized carbons (Fsp3) is 0.364. The van der Waals surface area contributed by atoms with Gasteiger partial charge in [0.25, 0.3) is 0 Å². The van der Waals surface area contributed by atoms with Crippen LogP contribution in [0.15, 0.2) is 24.3 Å². The topological polar surface area (TPSA) is 32.3 Å². The third kappa shape index (κ3) is 2.33. The molecule has 0 unspecified atom stereocenters. The number of hydrogen-bond acceptors (Lipinski definition) is 2. The standard InChI is InChI=1S/C11H13FN2O/c12-10-4-2-1-3-9(10)6-8-14-11(15)5-7-13-14/h1-4,13H,5-8H2. The van der Waals surface area contributed by atoms with Crippen LogP contribution in [0.2, 0.25) is 0 Å². The number of hydrazine groups is 1. The van der Waals surface area contributed by atoms with E-state index in [0.29, 0.717) is 31.5 Å². The van der Waals surface area contributed by atoms with Crippen molar-refractivity contribution in [3.63, 3.8) is 0 Å². The number of rotatable bonds is 3. The highest BCUT2D eigenvalue weighted by molar-refractivity contribution is 5.77. The van der Waals surface area contributed by atoms with Gasteiger partial charge in [0.15, 0.2) is 0 Å². The lowest BCUT2D eigenvalue weighted by molar-refractivity contribution is -0.129. The summed E-state index contributed by atoms with van der Waals surface area (Å²) in [4.78, 5) is 11.3. The first kappa shape index (κ1) is 10.1. The lowest BCUT2D eigenvalue weighted by atomic mass is 10.1. The third-order valence-electron chi connectivity index (χ3n) is 2.51. The summed E-state index contributed by atoms with van der Waals surface area (Å²) in [5, 5.41) is 1.56. The Hall–Kier alpha value is -1.42. The van der Waals surface area contributed by atoms with Gasteiger partial charge in [-0.05, 0) is 18.1 Å². The average molecular weight is 208 g/mol. The lowest BCUT2D eigenvalue weighted by Crippen LogP contribution is -2.35. The normalized spacial score (nSPS) is 16.1. The van der Waals surface area contributed by atoms with Crippen LogP contribution < -0.4 is 5.43 Å². The van der Waals surface area contributed by atoms with Crippen LogP contribution in [0.4, 0.5) is 4.39 Å². The Bertz CT molecular complexity index is 367. The minimum atomic E-state index is -0.204. The highest BCUT2D eigenvalue weighted by Crippen LogP contribution is 2.08. The molecule has 0 spiro atoms. The van der Waals surface area contributed by atoms with Gasteiger partial charge < -0.3 is 0 Å². The molecule has 80 valence electrons. The SMILES string of the molecule is O=C1CCNN1CCc1ccccc1F. The predicted octanol–water partition coefficient (Wildman–Crippen LogP) is 1.11. The summed E-state index contributed by atoms with van der Waals surface area (Å²) in [6.07, 6.45) is 1.09. The highest BCUT2D eigenvalue weighted by Gasteiger charge is 2.19. The summed E-state index contributed by atoms with van der Waals surface area (Å²) in [6, 6.07) is 6.65. The molecule has 15 heavy (non-hydrogen) atoms. The van der Waals surface area contributed by atoms with Crippen molar-refractivity contribution in [2.24, 2.45) is 0 Å². The first-order chi connectivity index (χ1) is 7.27. The Labute approximate surface area is 87.9 Å². The van der Waals surface area contributed by atoms with Crippen molar-refractivity contribution < 1.29 is 9.18 Å². The van der Waals surface area contributed by atoms with E-state index in [1.54, 1.807) is 23.2 Å². The van der Waals surface area contributed by atoms with Gasteiger partial charge in [0.1, 0.15) is 5.82 Å². The van der Waals surface area contributed by atoms with Crippen LogP contribution >= 0.6 is 0 Å². The van der Waals surface area contributed by atoms with Gasteiger partial charge in [-0.1, -0.05) is 18.2 Å². The van der Waals surface area contributed by atoms with Gasteiger partial charge in [0.2, 0.25) is 5.91 Å². The Morgan fingerprint density at radius 1 is 1.40 bits per heavy atom. The molecule has 0 aromatic heterocycles. The van der Waals surface area contributed by atoms with Crippen molar-refractivity contribution in [3.05, 3.63) is 35.6 Å². The summed E-state index contributed by atoms with van der Waals surface area (Å²) in [5.74, 6) is -0.115. The third-order valence-corrected chi connectivity index (χ3v) is 2.51. The van der Waals surface area contributed by atoms with E-state index in [1.807, 2.05) is 0 Å². The second-order valence-electron chi connectivity index (χ2n) is 3.54. The maximum Gasteiger partial charge on any atom is 0.238 e. The van der Waals surface area contributed by atoms with E-state index in [4.69, 9.17) is 0 Å². The van der Waals surface area contributed by atoms with Crippen molar-refractivity contribution in [3.8, 4) is 0 Å². The van der Waals surface area contributed by atoms with E-state index in [1.165, 1.54) is 6.07 Å². The van der Waals surface area contributed by atoms with E-state index < -0.39 is 0 Å². The van der Waals surface area contributed by atoms with Crippen molar-refractivity contribution >= 4 is 5.91 Å². The molecule has 0 atom stereocenters. The fourth-order valence-electron chi connectivity index (χ4n) is 1.66. The Balaban J connectivity index is 1.93. The second-order valence-corrected chi connectivity index (χ2v) is 3.54. The van der Waals surface area contributed by atoms with Gasteiger partial charge in [-0.15, -0.1) is 0 Å². The number of halogens is 1. The highest BCUT2D eigenvalue weighted by atomic mass is 19.1. The zero-order valence-corrected chi connectivity index (χ0v) is 8.37. The molecular formula is C11H13FN2O. The van der Waals surface area contributed by atoms with Crippen LogP contribution in [-0.4, -0.2) is 24.0 Å². The van der Waals surface area contributed by atoms with Crippen LogP contribution in [0.25, 0.3) is 0 Å². The molecule has 1 heterocycles. The van der Waals surface area contributed by atoms with Gasteiger partial charge in [-0.2, -0.15) is 0 Å². The largest absolute Gasteiger partial charge is 0.278 e. The molecule has 1 aliphatic heterocycles. The molecular weight excluding hydrogens is 195 g/mol. The first-order valence-electron chi connectivity index (χ1n) is 5.04. The second kappa shape index (κ2) is 4.40. The van der Waals surface area contributed by atoms with Crippen molar-refractivity contribution in [1.29, 1.82) is 0 Å². The number of nitrogens with one attached hydrogen (secondary N) is 1. The molecule has 1 aliphatic rings. The van der Waals surface area contributed by atoms with E-state index >= 15 is 0 Å². The van der Waals surface area contributed by atoms with Gasteiger partial charge in [-0.3, -0.25) is 9.80 Å². The monoisotopic (exact) mass is 208 g/mol. The minimum Gasteiger partial charge on any atom is -0.278 e. The molecule has 3 nitrogen and oxygen atoms in total.